The first-order valence-electron chi connectivity index (χ1n) is 6.95. The number of fused-ring (bicyclic) bond motifs is 1. The summed E-state index contributed by atoms with van der Waals surface area (Å²) in [7, 11) is 0. The van der Waals surface area contributed by atoms with Crippen molar-refractivity contribution in [2.75, 3.05) is 5.32 Å². The zero-order valence-electron chi connectivity index (χ0n) is 12.4. The van der Waals surface area contributed by atoms with E-state index in [4.69, 9.17) is 0 Å². The molecule has 0 saturated carbocycles. The molecule has 122 valence electrons. The van der Waals surface area contributed by atoms with Crippen molar-refractivity contribution < 1.29 is 22.8 Å². The molecule has 2 aromatic carbocycles. The van der Waals surface area contributed by atoms with E-state index in [9.17, 15) is 22.8 Å². The van der Waals surface area contributed by atoms with E-state index in [-0.39, 0.29) is 16.8 Å². The third kappa shape index (κ3) is 2.76. The maximum absolute atomic E-state index is 13.7. The summed E-state index contributed by atoms with van der Waals surface area (Å²) in [6.45, 7) is 1.27. The number of benzene rings is 2. The smallest absolute Gasteiger partial charge is 0.257 e. The van der Waals surface area contributed by atoms with Gasteiger partial charge in [-0.3, -0.25) is 14.2 Å². The van der Waals surface area contributed by atoms with Crippen molar-refractivity contribution in [3.8, 4) is 0 Å². The van der Waals surface area contributed by atoms with E-state index < -0.39 is 29.3 Å². The topological polar surface area (TPSA) is 51.1 Å². The molecule has 1 aromatic heterocycles. The van der Waals surface area contributed by atoms with Gasteiger partial charge in [-0.2, -0.15) is 0 Å². The Morgan fingerprint density at radius 1 is 1.00 bits per heavy atom. The Hall–Kier alpha value is -3.09. The van der Waals surface area contributed by atoms with Gasteiger partial charge in [0, 0.05) is 24.6 Å². The molecule has 0 fully saturated rings. The Kier molecular flexibility index (Phi) is 3.84. The van der Waals surface area contributed by atoms with Gasteiger partial charge in [-0.25, -0.2) is 13.2 Å². The number of nitrogens with zero attached hydrogens (tertiary/aromatic N) is 1. The van der Waals surface area contributed by atoms with Gasteiger partial charge in [0.15, 0.2) is 0 Å². The SMILES string of the molecule is CC(=O)n1cc(C(=O)Nc2ccc(F)cc2F)c2ccc(F)cc21. The summed E-state index contributed by atoms with van der Waals surface area (Å²) in [6, 6.07) is 6.39. The Balaban J connectivity index is 2.05. The van der Waals surface area contributed by atoms with Gasteiger partial charge >= 0.3 is 0 Å². The highest BCUT2D eigenvalue weighted by Gasteiger charge is 2.18. The van der Waals surface area contributed by atoms with E-state index in [0.29, 0.717) is 11.5 Å². The van der Waals surface area contributed by atoms with E-state index in [1.807, 2.05) is 0 Å². The number of nitrogens with one attached hydrogen (secondary N) is 1. The highest BCUT2D eigenvalue weighted by molar-refractivity contribution is 6.14. The lowest BCUT2D eigenvalue weighted by Gasteiger charge is -2.05. The summed E-state index contributed by atoms with van der Waals surface area (Å²) >= 11 is 0. The molecule has 3 rings (SSSR count). The predicted octanol–water partition coefficient (Wildman–Crippen LogP) is 3.97. The molecule has 24 heavy (non-hydrogen) atoms. The van der Waals surface area contributed by atoms with Crippen molar-refractivity contribution in [2.24, 2.45) is 0 Å². The summed E-state index contributed by atoms with van der Waals surface area (Å²) < 4.78 is 41.1. The molecule has 0 aliphatic carbocycles. The fourth-order valence-corrected chi connectivity index (χ4v) is 2.42. The van der Waals surface area contributed by atoms with E-state index in [2.05, 4.69) is 5.32 Å². The minimum atomic E-state index is -0.926. The third-order valence-electron chi connectivity index (χ3n) is 3.53. The van der Waals surface area contributed by atoms with Crippen LogP contribution < -0.4 is 5.32 Å². The molecule has 0 bridgehead atoms. The Labute approximate surface area is 134 Å². The molecule has 1 N–H and O–H groups in total. The minimum absolute atomic E-state index is 0.0731. The molecule has 3 aromatic rings. The van der Waals surface area contributed by atoms with Crippen molar-refractivity contribution >= 4 is 28.4 Å². The lowest BCUT2D eigenvalue weighted by atomic mass is 10.1. The highest BCUT2D eigenvalue weighted by Crippen LogP contribution is 2.24. The van der Waals surface area contributed by atoms with Gasteiger partial charge in [0.1, 0.15) is 17.5 Å². The summed E-state index contributed by atoms with van der Waals surface area (Å²) in [5.74, 6) is -3.35. The Bertz CT molecular complexity index is 979. The number of amides is 1. The van der Waals surface area contributed by atoms with Crippen LogP contribution in [0.25, 0.3) is 10.9 Å². The second-order valence-corrected chi connectivity index (χ2v) is 5.17. The van der Waals surface area contributed by atoms with Gasteiger partial charge < -0.3 is 5.32 Å². The van der Waals surface area contributed by atoms with Gasteiger partial charge in [0.2, 0.25) is 5.91 Å². The Morgan fingerprint density at radius 3 is 2.33 bits per heavy atom. The van der Waals surface area contributed by atoms with Crippen LogP contribution in [0.2, 0.25) is 0 Å². The normalized spacial score (nSPS) is 10.8. The standard InChI is InChI=1S/C17H11F3N2O2/c1-9(23)22-8-13(12-4-2-11(19)7-16(12)22)17(24)21-15-5-3-10(18)6-14(15)20/h2-8H,1H3,(H,21,24). The molecule has 0 aliphatic rings. The number of halogens is 3. The van der Waals surface area contributed by atoms with Crippen LogP contribution >= 0.6 is 0 Å². The summed E-state index contributed by atoms with van der Waals surface area (Å²) in [5, 5.41) is 2.65. The van der Waals surface area contributed by atoms with E-state index in [1.54, 1.807) is 0 Å². The largest absolute Gasteiger partial charge is 0.319 e. The lowest BCUT2D eigenvalue weighted by molar-refractivity contribution is 0.0941. The monoisotopic (exact) mass is 332 g/mol. The molecule has 7 heteroatoms. The van der Waals surface area contributed by atoms with E-state index in [0.717, 1.165) is 28.8 Å². The van der Waals surface area contributed by atoms with Gasteiger partial charge in [-0.15, -0.1) is 0 Å². The van der Waals surface area contributed by atoms with Gasteiger partial charge in [0.25, 0.3) is 5.91 Å². The average Bonchev–Trinajstić information content (AvgIpc) is 2.89. The van der Waals surface area contributed by atoms with Crippen LogP contribution in [-0.4, -0.2) is 16.4 Å². The fraction of sp³-hybridized carbons (Fsp3) is 0.0588. The molecule has 0 radical (unpaired) electrons. The number of carbonyl (C=O) groups excluding carboxylic acids is 2. The molecule has 0 unspecified atom stereocenters. The first-order chi connectivity index (χ1) is 11.4. The second-order valence-electron chi connectivity index (χ2n) is 5.17. The first-order valence-corrected chi connectivity index (χ1v) is 6.95. The van der Waals surface area contributed by atoms with Crippen molar-refractivity contribution in [1.29, 1.82) is 0 Å². The van der Waals surface area contributed by atoms with Crippen LogP contribution in [0.3, 0.4) is 0 Å². The van der Waals surface area contributed by atoms with Crippen molar-refractivity contribution in [3.05, 3.63) is 65.6 Å². The number of aromatic nitrogens is 1. The first kappa shape index (κ1) is 15.8. The number of hydrogen-bond donors (Lipinski definition) is 1. The predicted molar refractivity (Wildman–Crippen MR) is 82.5 cm³/mol. The second kappa shape index (κ2) is 5.84. The number of carbonyl (C=O) groups is 2. The molecule has 0 spiro atoms. The molecular formula is C17H11F3N2O2. The molecule has 4 nitrogen and oxygen atoms in total. The van der Waals surface area contributed by atoms with E-state index in [1.165, 1.54) is 19.2 Å². The maximum atomic E-state index is 13.7. The number of hydrogen-bond acceptors (Lipinski definition) is 2. The lowest BCUT2D eigenvalue weighted by Crippen LogP contribution is -2.13. The maximum Gasteiger partial charge on any atom is 0.257 e. The number of rotatable bonds is 2. The molecule has 0 aliphatic heterocycles. The fourth-order valence-electron chi connectivity index (χ4n) is 2.42. The van der Waals surface area contributed by atoms with Crippen LogP contribution in [0.1, 0.15) is 22.1 Å². The van der Waals surface area contributed by atoms with Crippen LogP contribution in [-0.2, 0) is 0 Å². The average molecular weight is 332 g/mol. The van der Waals surface area contributed by atoms with Crippen LogP contribution in [0.15, 0.2) is 42.6 Å². The zero-order valence-corrected chi connectivity index (χ0v) is 12.4. The van der Waals surface area contributed by atoms with Gasteiger partial charge in [-0.05, 0) is 30.3 Å². The van der Waals surface area contributed by atoms with Gasteiger partial charge in [-0.1, -0.05) is 0 Å². The molecule has 1 heterocycles. The molecule has 1 amide bonds. The summed E-state index contributed by atoms with van der Waals surface area (Å²) in [5.41, 5.74) is 0.100. The van der Waals surface area contributed by atoms with Crippen molar-refractivity contribution in [2.45, 2.75) is 6.92 Å². The molecular weight excluding hydrogens is 321 g/mol. The Morgan fingerprint density at radius 2 is 1.67 bits per heavy atom. The third-order valence-corrected chi connectivity index (χ3v) is 3.53. The van der Waals surface area contributed by atoms with Crippen LogP contribution in [0.5, 0.6) is 0 Å². The molecule has 0 atom stereocenters. The molecule has 0 saturated heterocycles. The van der Waals surface area contributed by atoms with Gasteiger partial charge in [0.05, 0.1) is 16.8 Å². The van der Waals surface area contributed by atoms with Crippen LogP contribution in [0, 0.1) is 17.5 Å². The quantitative estimate of drug-likeness (QED) is 0.772. The van der Waals surface area contributed by atoms with Crippen LogP contribution in [0.4, 0.5) is 18.9 Å². The number of anilines is 1. The zero-order chi connectivity index (χ0) is 17.4. The van der Waals surface area contributed by atoms with Crippen molar-refractivity contribution in [1.82, 2.24) is 4.57 Å². The minimum Gasteiger partial charge on any atom is -0.319 e. The van der Waals surface area contributed by atoms with Crippen molar-refractivity contribution in [3.63, 3.8) is 0 Å². The summed E-state index contributed by atoms with van der Waals surface area (Å²) in [6.07, 6.45) is 1.25. The summed E-state index contributed by atoms with van der Waals surface area (Å²) in [4.78, 5) is 24.1. The van der Waals surface area contributed by atoms with E-state index >= 15 is 0 Å². The highest BCUT2D eigenvalue weighted by atomic mass is 19.1.